The van der Waals surface area contributed by atoms with E-state index in [1.165, 1.54) is 11.1 Å². The van der Waals surface area contributed by atoms with Crippen LogP contribution in [0.1, 0.15) is 30.4 Å². The highest BCUT2D eigenvalue weighted by Gasteiger charge is 2.40. The molecule has 1 amide bonds. The predicted octanol–water partition coefficient (Wildman–Crippen LogP) is 7.28. The van der Waals surface area contributed by atoms with E-state index in [9.17, 15) is 4.79 Å². The fourth-order valence-corrected chi connectivity index (χ4v) is 5.72. The van der Waals surface area contributed by atoms with Crippen LogP contribution in [0.2, 0.25) is 0 Å². The molecule has 6 rings (SSSR count). The summed E-state index contributed by atoms with van der Waals surface area (Å²) in [5.41, 5.74) is 13.0. The lowest BCUT2D eigenvalue weighted by molar-refractivity contribution is 0.0832. The summed E-state index contributed by atoms with van der Waals surface area (Å²) in [6, 6.07) is 24.4. The van der Waals surface area contributed by atoms with Gasteiger partial charge in [-0.05, 0) is 66.3 Å². The Morgan fingerprint density at radius 3 is 2.68 bits per heavy atom. The number of ether oxygens (including phenoxy) is 1. The molecule has 2 aliphatic heterocycles. The van der Waals surface area contributed by atoms with Crippen molar-refractivity contribution in [1.29, 1.82) is 0 Å². The maximum absolute atomic E-state index is 12.9. The van der Waals surface area contributed by atoms with Crippen molar-refractivity contribution in [3.05, 3.63) is 101 Å². The van der Waals surface area contributed by atoms with Gasteiger partial charge in [0, 0.05) is 21.6 Å². The van der Waals surface area contributed by atoms with Gasteiger partial charge in [-0.15, -0.1) is 0 Å². The molecule has 186 valence electrons. The third kappa shape index (κ3) is 4.79. The SMILES string of the molecule is Nc1cnc2ccc(Br)cc2c1Nc1ccc(C2=CC3CCC(C2)N3C(=O)OCc2ccccc2)cc1. The van der Waals surface area contributed by atoms with Crippen molar-refractivity contribution in [3.8, 4) is 0 Å². The summed E-state index contributed by atoms with van der Waals surface area (Å²) in [6.45, 7) is 0.300. The first kappa shape index (κ1) is 23.6. The molecule has 6 nitrogen and oxygen atoms in total. The molecular formula is C30H27BrN4O2. The number of nitrogens with zero attached hydrogens (tertiary/aromatic N) is 2. The average Bonchev–Trinajstić information content (AvgIpc) is 3.19. The van der Waals surface area contributed by atoms with Crippen molar-refractivity contribution in [2.45, 2.75) is 38.0 Å². The molecule has 0 radical (unpaired) electrons. The fourth-order valence-electron chi connectivity index (χ4n) is 5.35. The first-order chi connectivity index (χ1) is 18.0. The Bertz CT molecular complexity index is 1480. The van der Waals surface area contributed by atoms with Gasteiger partial charge in [0.05, 0.1) is 29.1 Å². The Kier molecular flexibility index (Phi) is 6.30. The van der Waals surface area contributed by atoms with Crippen LogP contribution in [-0.4, -0.2) is 28.1 Å². The van der Waals surface area contributed by atoms with E-state index >= 15 is 0 Å². The topological polar surface area (TPSA) is 80.5 Å². The molecule has 3 heterocycles. The van der Waals surface area contributed by atoms with Crippen LogP contribution >= 0.6 is 15.9 Å². The highest BCUT2D eigenvalue weighted by atomic mass is 79.9. The molecule has 2 bridgehead atoms. The highest BCUT2D eigenvalue weighted by molar-refractivity contribution is 9.10. The minimum absolute atomic E-state index is 0.0799. The molecule has 4 aromatic rings. The van der Waals surface area contributed by atoms with Gasteiger partial charge in [-0.3, -0.25) is 9.88 Å². The molecule has 1 fully saturated rings. The Labute approximate surface area is 224 Å². The number of pyridine rings is 1. The minimum Gasteiger partial charge on any atom is -0.445 e. The van der Waals surface area contributed by atoms with E-state index in [2.05, 4.69) is 56.6 Å². The van der Waals surface area contributed by atoms with Gasteiger partial charge >= 0.3 is 6.09 Å². The van der Waals surface area contributed by atoms with E-state index in [0.29, 0.717) is 12.3 Å². The van der Waals surface area contributed by atoms with Crippen molar-refractivity contribution >= 4 is 55.6 Å². The molecule has 7 heteroatoms. The number of amides is 1. The number of fused-ring (bicyclic) bond motifs is 3. The zero-order valence-electron chi connectivity index (χ0n) is 20.2. The van der Waals surface area contributed by atoms with E-state index in [4.69, 9.17) is 10.5 Å². The summed E-state index contributed by atoms with van der Waals surface area (Å²) >= 11 is 3.54. The summed E-state index contributed by atoms with van der Waals surface area (Å²) in [5.74, 6) is 0. The van der Waals surface area contributed by atoms with E-state index < -0.39 is 0 Å². The van der Waals surface area contributed by atoms with Gasteiger partial charge in [-0.1, -0.05) is 64.5 Å². The maximum Gasteiger partial charge on any atom is 0.410 e. The van der Waals surface area contributed by atoms with Gasteiger partial charge in [-0.2, -0.15) is 0 Å². The fraction of sp³-hybridized carbons (Fsp3) is 0.200. The Hall–Kier alpha value is -3.84. The van der Waals surface area contributed by atoms with Crippen molar-refractivity contribution in [1.82, 2.24) is 9.88 Å². The second-order valence-corrected chi connectivity index (χ2v) is 10.5. The monoisotopic (exact) mass is 554 g/mol. The van der Waals surface area contributed by atoms with Gasteiger partial charge in [0.2, 0.25) is 0 Å². The normalized spacial score (nSPS) is 18.5. The maximum atomic E-state index is 12.9. The number of anilines is 3. The second kappa shape index (κ2) is 9.90. The summed E-state index contributed by atoms with van der Waals surface area (Å²) in [5, 5.41) is 4.44. The zero-order valence-corrected chi connectivity index (χ0v) is 21.8. The smallest absolute Gasteiger partial charge is 0.410 e. The second-order valence-electron chi connectivity index (χ2n) is 9.59. The molecular weight excluding hydrogens is 528 g/mol. The lowest BCUT2D eigenvalue weighted by Gasteiger charge is -2.33. The number of carbonyl (C=O) groups excluding carboxylic acids is 1. The number of nitrogens with one attached hydrogen (secondary N) is 1. The third-order valence-electron chi connectivity index (χ3n) is 7.20. The van der Waals surface area contributed by atoms with Crippen LogP contribution in [-0.2, 0) is 11.3 Å². The number of benzene rings is 3. The summed E-state index contributed by atoms with van der Waals surface area (Å²) in [7, 11) is 0. The molecule has 2 atom stereocenters. The molecule has 0 spiro atoms. The molecule has 3 aromatic carbocycles. The number of hydrogen-bond donors (Lipinski definition) is 2. The molecule has 1 saturated heterocycles. The number of nitrogen functional groups attached to an aromatic ring is 1. The highest BCUT2D eigenvalue weighted by Crippen LogP contribution is 2.39. The third-order valence-corrected chi connectivity index (χ3v) is 7.69. The van der Waals surface area contributed by atoms with E-state index in [1.54, 1.807) is 6.20 Å². The zero-order chi connectivity index (χ0) is 25.4. The molecule has 37 heavy (non-hydrogen) atoms. The summed E-state index contributed by atoms with van der Waals surface area (Å²) in [6.07, 6.45) is 6.50. The van der Waals surface area contributed by atoms with Crippen molar-refractivity contribution in [2.75, 3.05) is 11.1 Å². The van der Waals surface area contributed by atoms with Crippen LogP contribution in [0.15, 0.2) is 89.5 Å². The molecule has 1 aromatic heterocycles. The molecule has 0 aliphatic carbocycles. The van der Waals surface area contributed by atoms with Gasteiger partial charge < -0.3 is 15.8 Å². The van der Waals surface area contributed by atoms with Gasteiger partial charge in [0.1, 0.15) is 6.61 Å². The van der Waals surface area contributed by atoms with Crippen molar-refractivity contribution in [2.24, 2.45) is 0 Å². The lowest BCUT2D eigenvalue weighted by atomic mass is 9.95. The largest absolute Gasteiger partial charge is 0.445 e. The number of nitrogens with two attached hydrogens (primary N) is 1. The van der Waals surface area contributed by atoms with Gasteiger partial charge in [0.25, 0.3) is 0 Å². The molecule has 2 aliphatic rings. The Morgan fingerprint density at radius 1 is 1.08 bits per heavy atom. The minimum atomic E-state index is -0.222. The van der Waals surface area contributed by atoms with Crippen molar-refractivity contribution in [3.63, 3.8) is 0 Å². The number of rotatable bonds is 5. The molecule has 3 N–H and O–H groups in total. The summed E-state index contributed by atoms with van der Waals surface area (Å²) < 4.78 is 6.62. The van der Waals surface area contributed by atoms with Crippen LogP contribution < -0.4 is 11.1 Å². The lowest BCUT2D eigenvalue weighted by Crippen LogP contribution is -2.43. The van der Waals surface area contributed by atoms with Crippen LogP contribution in [0, 0.1) is 0 Å². The number of aromatic nitrogens is 1. The predicted molar refractivity (Wildman–Crippen MR) is 151 cm³/mol. The number of halogens is 1. The first-order valence-corrected chi connectivity index (χ1v) is 13.3. The average molecular weight is 555 g/mol. The van der Waals surface area contributed by atoms with Crippen LogP contribution in [0.5, 0.6) is 0 Å². The van der Waals surface area contributed by atoms with Crippen LogP contribution in [0.25, 0.3) is 16.5 Å². The first-order valence-electron chi connectivity index (χ1n) is 12.5. The van der Waals surface area contributed by atoms with E-state index in [1.807, 2.05) is 53.4 Å². The summed E-state index contributed by atoms with van der Waals surface area (Å²) in [4.78, 5) is 19.2. The molecule has 2 unspecified atom stereocenters. The quantitative estimate of drug-likeness (QED) is 0.271. The van der Waals surface area contributed by atoms with Gasteiger partial charge in [-0.25, -0.2) is 4.79 Å². The van der Waals surface area contributed by atoms with E-state index in [-0.39, 0.29) is 18.2 Å². The van der Waals surface area contributed by atoms with E-state index in [0.717, 1.165) is 51.6 Å². The standard InChI is InChI=1S/C30H27BrN4O2/c31-22-8-13-28-26(16-22)29(27(32)17-33-28)34-23-9-6-20(7-10-23)21-14-24-11-12-25(15-21)35(24)30(36)37-18-19-4-2-1-3-5-19/h1-10,13-14,16-17,24-25H,11-12,15,18,32H2,(H,33,34). The number of hydrogen-bond acceptors (Lipinski definition) is 5. The van der Waals surface area contributed by atoms with Gasteiger partial charge in [0.15, 0.2) is 0 Å². The van der Waals surface area contributed by atoms with Crippen LogP contribution in [0.3, 0.4) is 0 Å². The Balaban J connectivity index is 1.17. The molecule has 0 saturated carbocycles. The Morgan fingerprint density at radius 2 is 1.89 bits per heavy atom. The van der Waals surface area contributed by atoms with Crippen LogP contribution in [0.4, 0.5) is 21.9 Å². The van der Waals surface area contributed by atoms with Crippen molar-refractivity contribution < 1.29 is 9.53 Å². The number of carbonyl (C=O) groups is 1.